The van der Waals surface area contributed by atoms with E-state index in [2.05, 4.69) is 21.2 Å². The summed E-state index contributed by atoms with van der Waals surface area (Å²) in [7, 11) is 0. The lowest BCUT2D eigenvalue weighted by Crippen LogP contribution is -2.10. The van der Waals surface area contributed by atoms with Gasteiger partial charge in [0.15, 0.2) is 0 Å². The maximum absolute atomic E-state index is 11.1. The number of halogens is 1. The number of hydrogen-bond donors (Lipinski definition) is 2. The van der Waals surface area contributed by atoms with Crippen molar-refractivity contribution in [2.75, 3.05) is 5.32 Å². The predicted molar refractivity (Wildman–Crippen MR) is 60.0 cm³/mol. The molecule has 0 aliphatic carbocycles. The number of nitrogens with one attached hydrogen (secondary N) is 1. The van der Waals surface area contributed by atoms with Crippen LogP contribution in [0, 0.1) is 0 Å². The van der Waals surface area contributed by atoms with Gasteiger partial charge in [0.1, 0.15) is 0 Å². The number of carboxylic acids is 1. The molecule has 0 aliphatic rings. The van der Waals surface area contributed by atoms with E-state index in [9.17, 15) is 9.59 Å². The van der Waals surface area contributed by atoms with Gasteiger partial charge in [-0.2, -0.15) is 0 Å². The van der Waals surface area contributed by atoms with Crippen molar-refractivity contribution in [3.05, 3.63) is 28.2 Å². The van der Waals surface area contributed by atoms with Gasteiger partial charge in [0.25, 0.3) is 0 Å². The Balaban J connectivity index is 3.00. The second kappa shape index (κ2) is 4.93. The maximum Gasteiger partial charge on any atom is 0.335 e. The number of carboxylic acid groups (broad SMARTS) is 1. The summed E-state index contributed by atoms with van der Waals surface area (Å²) in [5.41, 5.74) is 0.617. The number of carbonyl (C=O) groups is 2. The Kier molecular flexibility index (Phi) is 3.85. The Morgan fingerprint density at radius 1 is 1.47 bits per heavy atom. The number of aromatic carboxylic acids is 1. The molecule has 0 fully saturated rings. The van der Waals surface area contributed by atoms with E-state index < -0.39 is 5.97 Å². The van der Waals surface area contributed by atoms with Crippen LogP contribution in [-0.2, 0) is 4.79 Å². The molecular formula is C10H10BrNO3. The quantitative estimate of drug-likeness (QED) is 0.888. The molecule has 1 rings (SSSR count). The molecule has 0 radical (unpaired) electrons. The van der Waals surface area contributed by atoms with Crippen molar-refractivity contribution in [1.82, 2.24) is 0 Å². The zero-order chi connectivity index (χ0) is 11.4. The van der Waals surface area contributed by atoms with Crippen LogP contribution in [0.15, 0.2) is 22.7 Å². The molecule has 1 amide bonds. The van der Waals surface area contributed by atoms with Crippen LogP contribution < -0.4 is 5.32 Å². The van der Waals surface area contributed by atoms with Crippen molar-refractivity contribution < 1.29 is 14.7 Å². The third kappa shape index (κ3) is 3.06. The standard InChI is InChI=1S/C10H10BrNO3/c1-2-9(13)12-8-5-6(10(14)15)3-4-7(8)11/h3-5H,2H2,1H3,(H,12,13)(H,14,15). The molecule has 0 spiro atoms. The van der Waals surface area contributed by atoms with Crippen LogP contribution in [-0.4, -0.2) is 17.0 Å². The maximum atomic E-state index is 11.1. The lowest BCUT2D eigenvalue weighted by Gasteiger charge is -2.06. The van der Waals surface area contributed by atoms with Crippen LogP contribution >= 0.6 is 15.9 Å². The van der Waals surface area contributed by atoms with Gasteiger partial charge in [-0.05, 0) is 34.1 Å². The predicted octanol–water partition coefficient (Wildman–Crippen LogP) is 2.50. The summed E-state index contributed by atoms with van der Waals surface area (Å²) < 4.78 is 0.661. The van der Waals surface area contributed by atoms with Gasteiger partial charge in [-0.3, -0.25) is 4.79 Å². The molecule has 1 aromatic rings. The molecule has 2 N–H and O–H groups in total. The minimum absolute atomic E-state index is 0.143. The van der Waals surface area contributed by atoms with Crippen molar-refractivity contribution in [1.29, 1.82) is 0 Å². The SMILES string of the molecule is CCC(=O)Nc1cc(C(=O)O)ccc1Br. The van der Waals surface area contributed by atoms with Crippen molar-refractivity contribution in [3.63, 3.8) is 0 Å². The molecule has 0 saturated carbocycles. The molecule has 1 aromatic carbocycles. The molecule has 80 valence electrons. The highest BCUT2D eigenvalue weighted by atomic mass is 79.9. The van der Waals surface area contributed by atoms with Crippen molar-refractivity contribution in [2.24, 2.45) is 0 Å². The number of carbonyl (C=O) groups excluding carboxylic acids is 1. The van der Waals surface area contributed by atoms with Crippen LogP contribution in [0.5, 0.6) is 0 Å². The van der Waals surface area contributed by atoms with Crippen molar-refractivity contribution in [3.8, 4) is 0 Å². The molecule has 0 heterocycles. The second-order valence-corrected chi connectivity index (χ2v) is 3.76. The first-order chi connectivity index (χ1) is 7.04. The molecule has 5 heteroatoms. The first-order valence-corrected chi connectivity index (χ1v) is 5.16. The summed E-state index contributed by atoms with van der Waals surface area (Å²) in [4.78, 5) is 21.8. The van der Waals surface area contributed by atoms with Gasteiger partial charge in [0, 0.05) is 10.9 Å². The topological polar surface area (TPSA) is 66.4 Å². The summed E-state index contributed by atoms with van der Waals surface area (Å²) in [5, 5.41) is 11.4. The molecule has 0 aliphatic heterocycles. The largest absolute Gasteiger partial charge is 0.478 e. The van der Waals surface area contributed by atoms with E-state index >= 15 is 0 Å². The van der Waals surface area contributed by atoms with Gasteiger partial charge in [0.2, 0.25) is 5.91 Å². The van der Waals surface area contributed by atoms with E-state index in [0.717, 1.165) is 0 Å². The van der Waals surface area contributed by atoms with Gasteiger partial charge >= 0.3 is 5.97 Å². The number of hydrogen-bond acceptors (Lipinski definition) is 2. The second-order valence-electron chi connectivity index (χ2n) is 2.90. The Morgan fingerprint density at radius 3 is 2.67 bits per heavy atom. The normalized spacial score (nSPS) is 9.73. The van der Waals surface area contributed by atoms with E-state index in [0.29, 0.717) is 16.6 Å². The number of rotatable bonds is 3. The van der Waals surface area contributed by atoms with Gasteiger partial charge in [-0.15, -0.1) is 0 Å². The molecule has 0 saturated heterocycles. The van der Waals surface area contributed by atoms with Crippen LogP contribution in [0.4, 0.5) is 5.69 Å². The lowest BCUT2D eigenvalue weighted by molar-refractivity contribution is -0.115. The Bertz CT molecular complexity index is 404. The smallest absolute Gasteiger partial charge is 0.335 e. The van der Waals surface area contributed by atoms with Crippen molar-refractivity contribution in [2.45, 2.75) is 13.3 Å². The average molecular weight is 272 g/mol. The van der Waals surface area contributed by atoms with Crippen LogP contribution in [0.1, 0.15) is 23.7 Å². The Labute approximate surface area is 95.4 Å². The molecule has 0 atom stereocenters. The first kappa shape index (κ1) is 11.7. The molecule has 0 unspecified atom stereocenters. The summed E-state index contributed by atoms with van der Waals surface area (Å²) in [5.74, 6) is -1.17. The first-order valence-electron chi connectivity index (χ1n) is 4.37. The number of amides is 1. The van der Waals surface area contributed by atoms with Gasteiger partial charge in [-0.25, -0.2) is 4.79 Å². The highest BCUT2D eigenvalue weighted by molar-refractivity contribution is 9.10. The number of benzene rings is 1. The van der Waals surface area contributed by atoms with E-state index in [1.807, 2.05) is 0 Å². The van der Waals surface area contributed by atoms with Gasteiger partial charge in [-0.1, -0.05) is 6.92 Å². The van der Waals surface area contributed by atoms with Gasteiger partial charge < -0.3 is 10.4 Å². The van der Waals surface area contributed by atoms with E-state index in [4.69, 9.17) is 5.11 Å². The monoisotopic (exact) mass is 271 g/mol. The lowest BCUT2D eigenvalue weighted by atomic mass is 10.2. The molecule has 4 nitrogen and oxygen atoms in total. The number of anilines is 1. The summed E-state index contributed by atoms with van der Waals surface area (Å²) in [6.07, 6.45) is 0.351. The van der Waals surface area contributed by atoms with Crippen LogP contribution in [0.25, 0.3) is 0 Å². The van der Waals surface area contributed by atoms with Gasteiger partial charge in [0.05, 0.1) is 11.3 Å². The third-order valence-corrected chi connectivity index (χ3v) is 2.50. The fourth-order valence-corrected chi connectivity index (χ4v) is 1.34. The minimum atomic E-state index is -1.02. The third-order valence-electron chi connectivity index (χ3n) is 1.81. The zero-order valence-electron chi connectivity index (χ0n) is 8.08. The zero-order valence-corrected chi connectivity index (χ0v) is 9.67. The fourth-order valence-electron chi connectivity index (χ4n) is 0.993. The summed E-state index contributed by atoms with van der Waals surface area (Å²) in [6.45, 7) is 1.73. The fraction of sp³-hybridized carbons (Fsp3) is 0.200. The molecule has 0 aromatic heterocycles. The highest BCUT2D eigenvalue weighted by Crippen LogP contribution is 2.23. The van der Waals surface area contributed by atoms with Crippen LogP contribution in [0.2, 0.25) is 0 Å². The summed E-state index contributed by atoms with van der Waals surface area (Å²) >= 11 is 3.23. The molecule has 0 bridgehead atoms. The highest BCUT2D eigenvalue weighted by Gasteiger charge is 2.08. The van der Waals surface area contributed by atoms with Crippen LogP contribution in [0.3, 0.4) is 0 Å². The van der Waals surface area contributed by atoms with E-state index in [1.54, 1.807) is 13.0 Å². The minimum Gasteiger partial charge on any atom is -0.478 e. The Morgan fingerprint density at radius 2 is 2.13 bits per heavy atom. The van der Waals surface area contributed by atoms with E-state index in [-0.39, 0.29) is 11.5 Å². The molecular weight excluding hydrogens is 262 g/mol. The summed E-state index contributed by atoms with van der Waals surface area (Å²) in [6, 6.07) is 4.47. The molecule has 15 heavy (non-hydrogen) atoms. The van der Waals surface area contributed by atoms with E-state index in [1.165, 1.54) is 12.1 Å². The average Bonchev–Trinajstić information content (AvgIpc) is 2.20. The Hall–Kier alpha value is -1.36. The van der Waals surface area contributed by atoms with Crippen molar-refractivity contribution >= 4 is 33.5 Å².